The zero-order valence-corrected chi connectivity index (χ0v) is 13.2. The van der Waals surface area contributed by atoms with E-state index in [0.717, 1.165) is 10.3 Å². The Kier molecular flexibility index (Phi) is 2.99. The minimum absolute atomic E-state index is 0.188. The molecule has 0 fully saturated rings. The first kappa shape index (κ1) is 12.6. The normalized spacial score (nSPS) is 11.1. The van der Waals surface area contributed by atoms with Crippen LogP contribution in [0.15, 0.2) is 60.7 Å². The Hall–Kier alpha value is -2.16. The van der Waals surface area contributed by atoms with Crippen molar-refractivity contribution in [3.63, 3.8) is 0 Å². The molecule has 21 heavy (non-hydrogen) atoms. The minimum atomic E-state index is 0.188. The van der Waals surface area contributed by atoms with E-state index in [1.54, 1.807) is 0 Å². The van der Waals surface area contributed by atoms with Gasteiger partial charge in [0.05, 0.1) is 0 Å². The van der Waals surface area contributed by atoms with Crippen molar-refractivity contribution in [1.29, 1.82) is 0 Å². The molecule has 3 nitrogen and oxygen atoms in total. The second-order valence-corrected chi connectivity index (χ2v) is 6.93. The Morgan fingerprint density at radius 2 is 1.43 bits per heavy atom. The average molecular weight is 338 g/mol. The summed E-state index contributed by atoms with van der Waals surface area (Å²) < 4.78 is 4.66. The van der Waals surface area contributed by atoms with Crippen molar-refractivity contribution in [3.8, 4) is 21.3 Å². The van der Waals surface area contributed by atoms with Gasteiger partial charge in [0.25, 0.3) is 0 Å². The first-order valence-corrected chi connectivity index (χ1v) is 8.51. The molecule has 102 valence electrons. The molecule has 0 N–H and O–H groups in total. The molecule has 0 aliphatic carbocycles. The molecule has 0 saturated carbocycles. The van der Waals surface area contributed by atoms with Crippen molar-refractivity contribution >= 4 is 19.0 Å². The molecule has 0 aliphatic heterocycles. The van der Waals surface area contributed by atoms with Crippen LogP contribution >= 0.6 is 0 Å². The van der Waals surface area contributed by atoms with Crippen LogP contribution < -0.4 is 0 Å². The maximum atomic E-state index is 4.35. The van der Waals surface area contributed by atoms with Crippen LogP contribution in [0.4, 0.5) is 0 Å². The van der Waals surface area contributed by atoms with Crippen LogP contribution in [0.25, 0.3) is 25.8 Å². The zero-order valence-electron chi connectivity index (χ0n) is 11.5. The second-order valence-electron chi connectivity index (χ2n) is 4.88. The molecule has 0 saturated heterocycles. The van der Waals surface area contributed by atoms with Crippen LogP contribution in [0.5, 0.6) is 0 Å². The Morgan fingerprint density at radius 3 is 2.10 bits per heavy atom. The molecule has 2 aromatic carbocycles. The third kappa shape index (κ3) is 2.04. The zero-order chi connectivity index (χ0) is 14.2. The van der Waals surface area contributed by atoms with Gasteiger partial charge in [0, 0.05) is 0 Å². The molecular weight excluding hydrogens is 325 g/mol. The summed E-state index contributed by atoms with van der Waals surface area (Å²) in [6.07, 6.45) is 0. The number of fused-ring (bicyclic) bond motifs is 1. The summed E-state index contributed by atoms with van der Waals surface area (Å²) in [4.78, 5) is 0. The van der Waals surface area contributed by atoms with Gasteiger partial charge < -0.3 is 0 Å². The predicted octanol–water partition coefficient (Wildman–Crippen LogP) is 3.43. The van der Waals surface area contributed by atoms with E-state index < -0.39 is 0 Å². The van der Waals surface area contributed by atoms with Crippen molar-refractivity contribution in [2.24, 2.45) is 0 Å². The standard InChI is InChI=1S/C17H13N3Se/c1-12-18-19-17-20(12)15(13-8-4-2-5-9-13)16(21-17)14-10-6-3-7-11-14/h2-11H,1H3. The van der Waals surface area contributed by atoms with Crippen molar-refractivity contribution in [2.45, 2.75) is 6.92 Å². The van der Waals surface area contributed by atoms with Crippen LogP contribution in [0, 0.1) is 6.92 Å². The molecule has 2 heterocycles. The summed E-state index contributed by atoms with van der Waals surface area (Å²) in [6, 6.07) is 21.1. The van der Waals surface area contributed by atoms with Crippen LogP contribution in [0.1, 0.15) is 5.82 Å². The summed E-state index contributed by atoms with van der Waals surface area (Å²) in [5.74, 6) is 0.955. The molecule has 0 spiro atoms. The molecule has 4 heteroatoms. The van der Waals surface area contributed by atoms with E-state index in [1.807, 2.05) is 13.0 Å². The molecule has 4 rings (SSSR count). The predicted molar refractivity (Wildman–Crippen MR) is 85.5 cm³/mol. The number of hydrogen-bond acceptors (Lipinski definition) is 2. The van der Waals surface area contributed by atoms with Gasteiger partial charge in [0.15, 0.2) is 0 Å². The van der Waals surface area contributed by atoms with Crippen molar-refractivity contribution in [2.75, 3.05) is 0 Å². The number of aryl methyl sites for hydroxylation is 1. The Bertz CT molecular complexity index is 892. The monoisotopic (exact) mass is 339 g/mol. The fourth-order valence-electron chi connectivity index (χ4n) is 2.55. The molecule has 0 aliphatic rings. The van der Waals surface area contributed by atoms with Crippen molar-refractivity contribution < 1.29 is 0 Å². The quantitative estimate of drug-likeness (QED) is 0.524. The number of rotatable bonds is 2. The van der Waals surface area contributed by atoms with Crippen LogP contribution in [-0.4, -0.2) is 29.1 Å². The van der Waals surface area contributed by atoms with E-state index in [-0.39, 0.29) is 14.5 Å². The Balaban J connectivity index is 2.08. The van der Waals surface area contributed by atoms with E-state index in [4.69, 9.17) is 0 Å². The summed E-state index contributed by atoms with van der Waals surface area (Å²) >= 11 is 0.188. The van der Waals surface area contributed by atoms with Crippen LogP contribution in [-0.2, 0) is 0 Å². The van der Waals surface area contributed by atoms with Crippen molar-refractivity contribution in [3.05, 3.63) is 66.5 Å². The van der Waals surface area contributed by atoms with Gasteiger partial charge in [-0.15, -0.1) is 0 Å². The van der Waals surface area contributed by atoms with Gasteiger partial charge in [-0.3, -0.25) is 0 Å². The number of benzene rings is 2. The summed E-state index contributed by atoms with van der Waals surface area (Å²) in [5, 5.41) is 8.58. The first-order valence-electron chi connectivity index (χ1n) is 6.80. The molecule has 0 bridgehead atoms. The Morgan fingerprint density at radius 1 is 0.810 bits per heavy atom. The fraction of sp³-hybridized carbons (Fsp3) is 0.0588. The van der Waals surface area contributed by atoms with Gasteiger partial charge in [0.2, 0.25) is 0 Å². The van der Waals surface area contributed by atoms with E-state index in [2.05, 4.69) is 69.2 Å². The van der Waals surface area contributed by atoms with Gasteiger partial charge in [0.1, 0.15) is 0 Å². The summed E-state index contributed by atoms with van der Waals surface area (Å²) in [5.41, 5.74) is 3.74. The van der Waals surface area contributed by atoms with E-state index in [0.29, 0.717) is 0 Å². The molecule has 4 aromatic rings. The molecule has 0 atom stereocenters. The third-order valence-corrected chi connectivity index (χ3v) is 5.78. The molecule has 2 aromatic heterocycles. The van der Waals surface area contributed by atoms with Crippen molar-refractivity contribution in [1.82, 2.24) is 14.6 Å². The first-order chi connectivity index (χ1) is 10.3. The Labute approximate surface area is 128 Å². The van der Waals surface area contributed by atoms with Gasteiger partial charge in [-0.2, -0.15) is 0 Å². The van der Waals surface area contributed by atoms with Crippen LogP contribution in [0.3, 0.4) is 0 Å². The summed E-state index contributed by atoms with van der Waals surface area (Å²) in [6.45, 7) is 2.02. The van der Waals surface area contributed by atoms with Gasteiger partial charge in [-0.05, 0) is 0 Å². The molecule has 0 amide bonds. The van der Waals surface area contributed by atoms with Gasteiger partial charge in [-0.1, -0.05) is 0 Å². The molecule has 0 unspecified atom stereocenters. The van der Waals surface area contributed by atoms with E-state index >= 15 is 0 Å². The topological polar surface area (TPSA) is 30.2 Å². The van der Waals surface area contributed by atoms with Gasteiger partial charge >= 0.3 is 128 Å². The fourth-order valence-corrected chi connectivity index (χ4v) is 4.94. The molecular formula is C17H13N3Se. The SMILES string of the molecule is Cc1nnc2[se]c(-c3ccccc3)c(-c3ccccc3)n12. The van der Waals surface area contributed by atoms with E-state index in [1.165, 1.54) is 21.3 Å². The number of aromatic nitrogens is 3. The average Bonchev–Trinajstić information content (AvgIpc) is 3.09. The number of nitrogens with zero attached hydrogens (tertiary/aromatic N) is 3. The third-order valence-electron chi connectivity index (χ3n) is 3.51. The molecule has 0 radical (unpaired) electrons. The second kappa shape index (κ2) is 4.99. The van der Waals surface area contributed by atoms with E-state index in [9.17, 15) is 0 Å². The van der Waals surface area contributed by atoms with Gasteiger partial charge in [-0.25, -0.2) is 0 Å². The summed E-state index contributed by atoms with van der Waals surface area (Å²) in [7, 11) is 0. The maximum absolute atomic E-state index is 4.35. The number of hydrogen-bond donors (Lipinski definition) is 0. The van der Waals surface area contributed by atoms with Crippen LogP contribution in [0.2, 0.25) is 0 Å².